The number of nitrogens with zero attached hydrogens (tertiary/aromatic N) is 1. The molecular formula is C12H15NO3S. The van der Waals surface area contributed by atoms with Crippen molar-refractivity contribution in [1.29, 1.82) is 0 Å². The van der Waals surface area contributed by atoms with Crippen LogP contribution in [-0.2, 0) is 16.0 Å². The van der Waals surface area contributed by atoms with Crippen molar-refractivity contribution in [1.82, 2.24) is 4.90 Å². The van der Waals surface area contributed by atoms with Crippen LogP contribution in [0.2, 0.25) is 0 Å². The van der Waals surface area contributed by atoms with Crippen molar-refractivity contribution in [3.8, 4) is 0 Å². The van der Waals surface area contributed by atoms with Crippen molar-refractivity contribution >= 4 is 23.2 Å². The van der Waals surface area contributed by atoms with E-state index in [9.17, 15) is 9.59 Å². The Bertz CT molecular complexity index is 402. The lowest BCUT2D eigenvalue weighted by molar-refractivity contribution is -0.145. The lowest BCUT2D eigenvalue weighted by atomic mass is 9.98. The Labute approximate surface area is 104 Å². The molecule has 1 aromatic heterocycles. The fraction of sp³-hybridized carbons (Fsp3) is 0.500. The van der Waals surface area contributed by atoms with Crippen LogP contribution in [0.1, 0.15) is 17.7 Å². The quantitative estimate of drug-likeness (QED) is 0.890. The van der Waals surface area contributed by atoms with Gasteiger partial charge in [-0.2, -0.15) is 0 Å². The monoisotopic (exact) mass is 253 g/mol. The van der Waals surface area contributed by atoms with Crippen molar-refractivity contribution in [2.75, 3.05) is 13.1 Å². The van der Waals surface area contributed by atoms with Gasteiger partial charge in [0, 0.05) is 18.0 Å². The second-order valence-electron chi connectivity index (χ2n) is 4.27. The lowest BCUT2D eigenvalue weighted by Gasteiger charge is -2.30. The number of hydrogen-bond acceptors (Lipinski definition) is 3. The van der Waals surface area contributed by atoms with Gasteiger partial charge >= 0.3 is 5.97 Å². The minimum absolute atomic E-state index is 0.0402. The minimum atomic E-state index is -0.793. The average molecular weight is 253 g/mol. The fourth-order valence-corrected chi connectivity index (χ4v) is 2.78. The Morgan fingerprint density at radius 1 is 1.53 bits per heavy atom. The Hall–Kier alpha value is -1.36. The van der Waals surface area contributed by atoms with Gasteiger partial charge in [-0.1, -0.05) is 6.07 Å². The number of likely N-dealkylation sites (tertiary alicyclic amines) is 1. The molecule has 2 heterocycles. The van der Waals surface area contributed by atoms with Crippen LogP contribution in [0.3, 0.4) is 0 Å². The molecule has 17 heavy (non-hydrogen) atoms. The summed E-state index contributed by atoms with van der Waals surface area (Å²) in [4.78, 5) is 25.6. The van der Waals surface area contributed by atoms with E-state index in [2.05, 4.69) is 0 Å². The van der Waals surface area contributed by atoms with Crippen molar-refractivity contribution in [2.24, 2.45) is 5.92 Å². The highest BCUT2D eigenvalue weighted by atomic mass is 32.1. The molecule has 0 spiro atoms. The molecule has 1 fully saturated rings. The smallest absolute Gasteiger partial charge is 0.308 e. The van der Waals surface area contributed by atoms with Crippen molar-refractivity contribution in [2.45, 2.75) is 19.3 Å². The minimum Gasteiger partial charge on any atom is -0.481 e. The van der Waals surface area contributed by atoms with Crippen LogP contribution in [-0.4, -0.2) is 35.0 Å². The molecule has 1 aromatic rings. The first-order valence-electron chi connectivity index (χ1n) is 5.70. The number of aliphatic carboxylic acids is 1. The SMILES string of the molecule is O=C(O)[C@@H]1CCCN(C(=O)Cc2cccs2)C1. The topological polar surface area (TPSA) is 57.6 Å². The third-order valence-electron chi connectivity index (χ3n) is 3.03. The summed E-state index contributed by atoms with van der Waals surface area (Å²) in [5.41, 5.74) is 0. The Kier molecular flexibility index (Phi) is 3.78. The van der Waals surface area contributed by atoms with Gasteiger partial charge in [0.05, 0.1) is 12.3 Å². The summed E-state index contributed by atoms with van der Waals surface area (Å²) < 4.78 is 0. The Morgan fingerprint density at radius 2 is 2.35 bits per heavy atom. The molecule has 1 aliphatic heterocycles. The number of amides is 1. The van der Waals surface area contributed by atoms with Gasteiger partial charge in [0.2, 0.25) is 5.91 Å². The molecule has 0 bridgehead atoms. The maximum Gasteiger partial charge on any atom is 0.308 e. The van der Waals surface area contributed by atoms with E-state index in [1.165, 1.54) is 0 Å². The largest absolute Gasteiger partial charge is 0.481 e. The highest BCUT2D eigenvalue weighted by Gasteiger charge is 2.27. The molecule has 4 nitrogen and oxygen atoms in total. The summed E-state index contributed by atoms with van der Waals surface area (Å²) in [7, 11) is 0. The molecule has 92 valence electrons. The second kappa shape index (κ2) is 5.31. The molecule has 0 radical (unpaired) electrons. The maximum atomic E-state index is 12.0. The van der Waals surface area contributed by atoms with Gasteiger partial charge in [-0.15, -0.1) is 11.3 Å². The molecule has 1 N–H and O–H groups in total. The molecule has 1 amide bonds. The van der Waals surface area contributed by atoms with Crippen LogP contribution in [0.25, 0.3) is 0 Å². The van der Waals surface area contributed by atoms with Gasteiger partial charge in [-0.3, -0.25) is 9.59 Å². The van der Waals surface area contributed by atoms with E-state index in [-0.39, 0.29) is 5.91 Å². The molecule has 1 saturated heterocycles. The summed E-state index contributed by atoms with van der Waals surface area (Å²) in [6, 6.07) is 3.85. The van der Waals surface area contributed by atoms with Gasteiger partial charge in [0.15, 0.2) is 0 Å². The first-order valence-corrected chi connectivity index (χ1v) is 6.58. The predicted molar refractivity (Wildman–Crippen MR) is 65.0 cm³/mol. The number of carboxylic acids is 1. The van der Waals surface area contributed by atoms with Crippen LogP contribution < -0.4 is 0 Å². The van der Waals surface area contributed by atoms with E-state index < -0.39 is 11.9 Å². The fourth-order valence-electron chi connectivity index (χ4n) is 2.08. The molecule has 0 saturated carbocycles. The third-order valence-corrected chi connectivity index (χ3v) is 3.91. The van der Waals surface area contributed by atoms with E-state index in [0.29, 0.717) is 25.9 Å². The van der Waals surface area contributed by atoms with E-state index in [1.807, 2.05) is 17.5 Å². The van der Waals surface area contributed by atoms with Gasteiger partial charge in [-0.25, -0.2) is 0 Å². The van der Waals surface area contributed by atoms with Crippen LogP contribution >= 0.6 is 11.3 Å². The summed E-state index contributed by atoms with van der Waals surface area (Å²) in [6.45, 7) is 1.05. The zero-order chi connectivity index (χ0) is 12.3. The molecule has 1 atom stereocenters. The number of rotatable bonds is 3. The van der Waals surface area contributed by atoms with E-state index in [0.717, 1.165) is 11.3 Å². The number of thiophene rings is 1. The number of piperidine rings is 1. The molecule has 5 heteroatoms. The maximum absolute atomic E-state index is 12.0. The normalized spacial score (nSPS) is 20.2. The number of hydrogen-bond donors (Lipinski definition) is 1. The summed E-state index contributed by atoms with van der Waals surface area (Å²) in [5, 5.41) is 10.9. The van der Waals surface area contributed by atoms with Gasteiger partial charge in [0.25, 0.3) is 0 Å². The summed E-state index contributed by atoms with van der Waals surface area (Å²) >= 11 is 1.56. The molecule has 2 rings (SSSR count). The van der Waals surface area contributed by atoms with E-state index in [1.54, 1.807) is 16.2 Å². The average Bonchev–Trinajstić information content (AvgIpc) is 2.82. The van der Waals surface area contributed by atoms with Crippen LogP contribution in [0.5, 0.6) is 0 Å². The molecular weight excluding hydrogens is 238 g/mol. The van der Waals surface area contributed by atoms with E-state index in [4.69, 9.17) is 5.11 Å². The Balaban J connectivity index is 1.93. The highest BCUT2D eigenvalue weighted by Crippen LogP contribution is 2.18. The number of carbonyl (C=O) groups is 2. The van der Waals surface area contributed by atoms with E-state index >= 15 is 0 Å². The standard InChI is InChI=1S/C12H15NO3S/c14-11(7-10-4-2-6-17-10)13-5-1-3-9(8-13)12(15)16/h2,4,6,9H,1,3,5,7-8H2,(H,15,16)/t9-/m1/s1. The third kappa shape index (κ3) is 3.06. The first kappa shape index (κ1) is 12.1. The number of carbonyl (C=O) groups excluding carboxylic acids is 1. The lowest BCUT2D eigenvalue weighted by Crippen LogP contribution is -2.42. The van der Waals surface area contributed by atoms with Crippen LogP contribution in [0.15, 0.2) is 17.5 Å². The molecule has 0 aromatic carbocycles. The molecule has 0 unspecified atom stereocenters. The zero-order valence-corrected chi connectivity index (χ0v) is 10.3. The van der Waals surface area contributed by atoms with Crippen LogP contribution in [0, 0.1) is 5.92 Å². The Morgan fingerprint density at radius 3 is 3.00 bits per heavy atom. The van der Waals surface area contributed by atoms with Crippen molar-refractivity contribution in [3.63, 3.8) is 0 Å². The first-order chi connectivity index (χ1) is 8.16. The van der Waals surface area contributed by atoms with Gasteiger partial charge < -0.3 is 10.0 Å². The predicted octanol–water partition coefficient (Wildman–Crippen LogP) is 1.61. The molecule has 0 aliphatic carbocycles. The molecule has 1 aliphatic rings. The number of carboxylic acid groups (broad SMARTS) is 1. The highest BCUT2D eigenvalue weighted by molar-refractivity contribution is 7.10. The van der Waals surface area contributed by atoms with Crippen LogP contribution in [0.4, 0.5) is 0 Å². The second-order valence-corrected chi connectivity index (χ2v) is 5.31. The summed E-state index contributed by atoms with van der Waals surface area (Å²) in [6.07, 6.45) is 1.86. The zero-order valence-electron chi connectivity index (χ0n) is 9.46. The van der Waals surface area contributed by atoms with Gasteiger partial charge in [-0.05, 0) is 24.3 Å². The van der Waals surface area contributed by atoms with Crippen molar-refractivity contribution < 1.29 is 14.7 Å². The van der Waals surface area contributed by atoms with Crippen molar-refractivity contribution in [3.05, 3.63) is 22.4 Å². The van der Waals surface area contributed by atoms with Gasteiger partial charge in [0.1, 0.15) is 0 Å². The summed E-state index contributed by atoms with van der Waals surface area (Å²) in [5.74, 6) is -1.15.